The van der Waals surface area contributed by atoms with Crippen LogP contribution in [0, 0.1) is 6.92 Å². The van der Waals surface area contributed by atoms with Crippen molar-refractivity contribution in [3.05, 3.63) is 45.2 Å². The highest BCUT2D eigenvalue weighted by molar-refractivity contribution is 7.89. The lowest BCUT2D eigenvalue weighted by molar-refractivity contribution is 0.463. The molecular weight excluding hydrogens is 369 g/mol. The third-order valence-electron chi connectivity index (χ3n) is 3.92. The van der Waals surface area contributed by atoms with Crippen LogP contribution in [-0.4, -0.2) is 29.6 Å². The van der Waals surface area contributed by atoms with Gasteiger partial charge in [0.25, 0.3) is 0 Å². The van der Waals surface area contributed by atoms with Crippen LogP contribution in [0.4, 0.5) is 0 Å². The Hall–Kier alpha value is -1.08. The first-order valence-corrected chi connectivity index (χ1v) is 9.69. The second-order valence-corrected chi connectivity index (χ2v) is 8.92. The van der Waals surface area contributed by atoms with Gasteiger partial charge in [0.1, 0.15) is 0 Å². The number of halogens is 2. The summed E-state index contributed by atoms with van der Waals surface area (Å²) in [5.41, 5.74) is 2.79. The van der Waals surface area contributed by atoms with E-state index in [1.54, 1.807) is 7.05 Å². The standard InChI is InChI=1S/C16H21Cl2N3O2S/c1-10(2)16-13(11(3)19-21(16)5)9-20(4)24(22,23)12-6-7-14(17)15(18)8-12/h6-8,10H,9H2,1-5H3. The average molecular weight is 390 g/mol. The molecule has 2 aromatic rings. The first-order valence-electron chi connectivity index (χ1n) is 7.49. The lowest BCUT2D eigenvalue weighted by Crippen LogP contribution is -2.27. The lowest BCUT2D eigenvalue weighted by Gasteiger charge is -2.19. The minimum absolute atomic E-state index is 0.118. The summed E-state index contributed by atoms with van der Waals surface area (Å²) in [5, 5.41) is 4.96. The van der Waals surface area contributed by atoms with Crippen LogP contribution in [0.1, 0.15) is 36.7 Å². The first-order chi connectivity index (χ1) is 11.1. The van der Waals surface area contributed by atoms with Crippen molar-refractivity contribution >= 4 is 33.2 Å². The van der Waals surface area contributed by atoms with Crippen molar-refractivity contribution in [1.82, 2.24) is 14.1 Å². The molecule has 2 rings (SSSR count). The van der Waals surface area contributed by atoms with Gasteiger partial charge < -0.3 is 0 Å². The molecule has 0 fully saturated rings. The van der Waals surface area contributed by atoms with Gasteiger partial charge >= 0.3 is 0 Å². The molecule has 0 unspecified atom stereocenters. The van der Waals surface area contributed by atoms with Crippen LogP contribution in [0.2, 0.25) is 10.0 Å². The third kappa shape index (κ3) is 3.61. The highest BCUT2D eigenvalue weighted by atomic mass is 35.5. The monoisotopic (exact) mass is 389 g/mol. The number of nitrogens with zero attached hydrogens (tertiary/aromatic N) is 3. The quantitative estimate of drug-likeness (QED) is 0.776. The second-order valence-electron chi connectivity index (χ2n) is 6.06. The van der Waals surface area contributed by atoms with Crippen LogP contribution < -0.4 is 0 Å². The van der Waals surface area contributed by atoms with Gasteiger partial charge in [0, 0.05) is 31.9 Å². The molecule has 132 valence electrons. The predicted octanol–water partition coefficient (Wildman–Crippen LogP) is 3.98. The number of benzene rings is 1. The zero-order valence-electron chi connectivity index (χ0n) is 14.3. The molecule has 0 spiro atoms. The Morgan fingerprint density at radius 1 is 1.25 bits per heavy atom. The van der Waals surface area contributed by atoms with Gasteiger partial charge in [-0.2, -0.15) is 9.40 Å². The zero-order chi connectivity index (χ0) is 18.2. The second kappa shape index (κ2) is 7.04. The molecular formula is C16H21Cl2N3O2S. The van der Waals surface area contributed by atoms with Crippen molar-refractivity contribution in [1.29, 1.82) is 0 Å². The molecule has 1 aromatic carbocycles. The van der Waals surface area contributed by atoms with Crippen LogP contribution in [-0.2, 0) is 23.6 Å². The molecule has 0 bridgehead atoms. The molecule has 0 radical (unpaired) electrons. The minimum atomic E-state index is -3.67. The summed E-state index contributed by atoms with van der Waals surface area (Å²) >= 11 is 11.8. The third-order valence-corrected chi connectivity index (χ3v) is 6.46. The smallest absolute Gasteiger partial charge is 0.243 e. The minimum Gasteiger partial charge on any atom is -0.272 e. The summed E-state index contributed by atoms with van der Waals surface area (Å²) in [7, 11) is -0.249. The Labute approximate surface area is 153 Å². The summed E-state index contributed by atoms with van der Waals surface area (Å²) in [5.74, 6) is 0.243. The van der Waals surface area contributed by atoms with E-state index in [0.717, 1.165) is 17.0 Å². The van der Waals surface area contributed by atoms with Gasteiger partial charge in [-0.3, -0.25) is 4.68 Å². The molecule has 0 saturated heterocycles. The molecule has 0 aliphatic heterocycles. The van der Waals surface area contributed by atoms with Gasteiger partial charge in [-0.05, 0) is 31.0 Å². The number of hydrogen-bond acceptors (Lipinski definition) is 3. The van der Waals surface area contributed by atoms with E-state index in [-0.39, 0.29) is 22.4 Å². The van der Waals surface area contributed by atoms with E-state index in [1.807, 2.05) is 18.7 Å². The van der Waals surface area contributed by atoms with Gasteiger partial charge in [-0.1, -0.05) is 37.0 Å². The Morgan fingerprint density at radius 3 is 2.42 bits per heavy atom. The van der Waals surface area contributed by atoms with E-state index in [9.17, 15) is 8.42 Å². The molecule has 0 amide bonds. The summed E-state index contributed by atoms with van der Waals surface area (Å²) in [6.07, 6.45) is 0. The van der Waals surface area contributed by atoms with Gasteiger partial charge in [0.15, 0.2) is 0 Å². The van der Waals surface area contributed by atoms with Crippen molar-refractivity contribution < 1.29 is 8.42 Å². The molecule has 1 aromatic heterocycles. The molecule has 8 heteroatoms. The number of rotatable bonds is 5. The molecule has 0 aliphatic rings. The maximum absolute atomic E-state index is 12.8. The largest absolute Gasteiger partial charge is 0.272 e. The number of hydrogen-bond donors (Lipinski definition) is 0. The summed E-state index contributed by atoms with van der Waals surface area (Å²) in [4.78, 5) is 0.118. The summed E-state index contributed by atoms with van der Waals surface area (Å²) in [6.45, 7) is 6.26. The van der Waals surface area contributed by atoms with Crippen LogP contribution in [0.3, 0.4) is 0 Å². The topological polar surface area (TPSA) is 55.2 Å². The van der Waals surface area contributed by atoms with Crippen LogP contribution in [0.25, 0.3) is 0 Å². The highest BCUT2D eigenvalue weighted by Crippen LogP contribution is 2.28. The number of aromatic nitrogens is 2. The van der Waals surface area contributed by atoms with E-state index in [1.165, 1.54) is 22.5 Å². The highest BCUT2D eigenvalue weighted by Gasteiger charge is 2.25. The SMILES string of the molecule is Cc1nn(C)c(C(C)C)c1CN(C)S(=O)(=O)c1ccc(Cl)c(Cl)c1. The van der Waals surface area contributed by atoms with E-state index < -0.39 is 10.0 Å². The van der Waals surface area contributed by atoms with E-state index in [2.05, 4.69) is 18.9 Å². The van der Waals surface area contributed by atoms with Crippen molar-refractivity contribution in [2.45, 2.75) is 38.1 Å². The van der Waals surface area contributed by atoms with Gasteiger partial charge in [0.05, 0.1) is 20.6 Å². The molecule has 5 nitrogen and oxygen atoms in total. The molecule has 24 heavy (non-hydrogen) atoms. The Balaban J connectivity index is 2.39. The Bertz CT molecular complexity index is 860. The van der Waals surface area contributed by atoms with Gasteiger partial charge in [-0.25, -0.2) is 8.42 Å². The fourth-order valence-electron chi connectivity index (χ4n) is 2.76. The van der Waals surface area contributed by atoms with Gasteiger partial charge in [0.2, 0.25) is 10.0 Å². The maximum atomic E-state index is 12.8. The zero-order valence-corrected chi connectivity index (χ0v) is 16.7. The van der Waals surface area contributed by atoms with Crippen LogP contribution >= 0.6 is 23.2 Å². The Kier molecular flexibility index (Phi) is 5.64. The van der Waals surface area contributed by atoms with E-state index in [4.69, 9.17) is 23.2 Å². The molecule has 0 saturated carbocycles. The summed E-state index contributed by atoms with van der Waals surface area (Å²) in [6, 6.07) is 4.31. The molecule has 1 heterocycles. The molecule has 0 aliphatic carbocycles. The van der Waals surface area contributed by atoms with Crippen molar-refractivity contribution in [2.75, 3.05) is 7.05 Å². The predicted molar refractivity (Wildman–Crippen MR) is 97.1 cm³/mol. The fourth-order valence-corrected chi connectivity index (χ4v) is 4.29. The fraction of sp³-hybridized carbons (Fsp3) is 0.438. The lowest BCUT2D eigenvalue weighted by atomic mass is 10.0. The van der Waals surface area contributed by atoms with Crippen LogP contribution in [0.5, 0.6) is 0 Å². The van der Waals surface area contributed by atoms with Crippen molar-refractivity contribution in [3.63, 3.8) is 0 Å². The van der Waals surface area contributed by atoms with E-state index in [0.29, 0.717) is 5.02 Å². The number of sulfonamides is 1. The maximum Gasteiger partial charge on any atom is 0.243 e. The van der Waals surface area contributed by atoms with Crippen molar-refractivity contribution in [2.24, 2.45) is 7.05 Å². The normalized spacial score (nSPS) is 12.4. The van der Waals surface area contributed by atoms with E-state index >= 15 is 0 Å². The molecule has 0 atom stereocenters. The van der Waals surface area contributed by atoms with Crippen molar-refractivity contribution in [3.8, 4) is 0 Å². The van der Waals surface area contributed by atoms with Crippen LogP contribution in [0.15, 0.2) is 23.1 Å². The first kappa shape index (κ1) is 19.2. The molecule has 0 N–H and O–H groups in total. The summed E-state index contributed by atoms with van der Waals surface area (Å²) < 4.78 is 28.7. The van der Waals surface area contributed by atoms with Gasteiger partial charge in [-0.15, -0.1) is 0 Å². The Morgan fingerprint density at radius 2 is 1.88 bits per heavy atom. The average Bonchev–Trinajstić information content (AvgIpc) is 2.75. The number of aryl methyl sites for hydroxylation is 2.